The second-order valence-electron chi connectivity index (χ2n) is 4.00. The number of hydrogen-bond donors (Lipinski definition) is 1. The minimum atomic E-state index is -1.03. The van der Waals surface area contributed by atoms with Crippen LogP contribution in [0, 0.1) is 6.92 Å². The Kier molecular flexibility index (Phi) is 4.16. The maximum atomic E-state index is 10.9. The van der Waals surface area contributed by atoms with Crippen molar-refractivity contribution in [3.05, 3.63) is 47.4 Å². The number of furan rings is 1. The summed E-state index contributed by atoms with van der Waals surface area (Å²) in [6.07, 6.45) is 0. The molecule has 0 spiro atoms. The van der Waals surface area contributed by atoms with Crippen LogP contribution in [-0.2, 0) is 5.75 Å². The monoisotopic (exact) mass is 278 g/mol. The highest BCUT2D eigenvalue weighted by Gasteiger charge is 2.14. The van der Waals surface area contributed by atoms with Crippen LogP contribution in [0.4, 0.5) is 0 Å². The molecule has 0 aliphatic carbocycles. The summed E-state index contributed by atoms with van der Waals surface area (Å²) in [5.41, 5.74) is 0.647. The van der Waals surface area contributed by atoms with E-state index >= 15 is 0 Å². The third kappa shape index (κ3) is 3.32. The Hall–Kier alpha value is -1.88. The van der Waals surface area contributed by atoms with Crippen LogP contribution < -0.4 is 4.74 Å². The molecule has 5 heteroatoms. The molecular weight excluding hydrogens is 264 g/mol. The van der Waals surface area contributed by atoms with E-state index in [1.807, 2.05) is 24.3 Å². The number of aromatic carboxylic acids is 1. The van der Waals surface area contributed by atoms with Gasteiger partial charge in [-0.1, -0.05) is 6.07 Å². The number of carboxylic acids is 1. The number of methoxy groups -OCH3 is 1. The number of carbonyl (C=O) groups is 1. The number of aryl methyl sites for hydroxylation is 1. The van der Waals surface area contributed by atoms with Crippen molar-refractivity contribution in [1.29, 1.82) is 0 Å². The van der Waals surface area contributed by atoms with E-state index in [0.717, 1.165) is 10.6 Å². The Labute approximate surface area is 115 Å². The third-order valence-electron chi connectivity index (χ3n) is 2.59. The van der Waals surface area contributed by atoms with Gasteiger partial charge in [-0.25, -0.2) is 4.79 Å². The lowest BCUT2D eigenvalue weighted by molar-refractivity contribution is 0.0659. The van der Waals surface area contributed by atoms with Crippen molar-refractivity contribution in [2.45, 2.75) is 17.6 Å². The van der Waals surface area contributed by atoms with Gasteiger partial charge in [0.25, 0.3) is 0 Å². The molecule has 0 amide bonds. The minimum absolute atomic E-state index is 0.0150. The predicted molar refractivity (Wildman–Crippen MR) is 73.0 cm³/mol. The molecule has 2 rings (SSSR count). The zero-order chi connectivity index (χ0) is 13.8. The van der Waals surface area contributed by atoms with Crippen LogP contribution >= 0.6 is 11.8 Å². The topological polar surface area (TPSA) is 59.7 Å². The molecular formula is C14H14O4S. The molecule has 0 radical (unpaired) electrons. The van der Waals surface area contributed by atoms with Gasteiger partial charge in [0.1, 0.15) is 11.5 Å². The van der Waals surface area contributed by atoms with Crippen LogP contribution in [0.5, 0.6) is 5.75 Å². The van der Waals surface area contributed by atoms with Crippen molar-refractivity contribution in [2.24, 2.45) is 0 Å². The van der Waals surface area contributed by atoms with Crippen molar-refractivity contribution in [1.82, 2.24) is 0 Å². The molecule has 0 aliphatic heterocycles. The Bertz CT molecular complexity index is 589. The summed E-state index contributed by atoms with van der Waals surface area (Å²) in [5.74, 6) is 1.02. The molecule has 1 aromatic carbocycles. The highest BCUT2D eigenvalue weighted by atomic mass is 32.2. The molecule has 0 unspecified atom stereocenters. The maximum Gasteiger partial charge on any atom is 0.372 e. The lowest BCUT2D eigenvalue weighted by atomic mass is 10.3. The Morgan fingerprint density at radius 3 is 2.84 bits per heavy atom. The summed E-state index contributed by atoms with van der Waals surface area (Å²) in [6, 6.07) is 9.46. The van der Waals surface area contributed by atoms with Crippen LogP contribution in [0.3, 0.4) is 0 Å². The Balaban J connectivity index is 2.06. The zero-order valence-electron chi connectivity index (χ0n) is 10.7. The molecule has 100 valence electrons. The summed E-state index contributed by atoms with van der Waals surface area (Å²) in [7, 11) is 1.62. The first-order valence-electron chi connectivity index (χ1n) is 5.69. The van der Waals surface area contributed by atoms with Crippen LogP contribution in [-0.4, -0.2) is 18.2 Å². The molecule has 4 nitrogen and oxygen atoms in total. The van der Waals surface area contributed by atoms with Crippen molar-refractivity contribution < 1.29 is 19.1 Å². The van der Waals surface area contributed by atoms with E-state index in [2.05, 4.69) is 0 Å². The van der Waals surface area contributed by atoms with Gasteiger partial charge in [0.05, 0.1) is 12.9 Å². The SMILES string of the molecule is COc1cccc(SCc2cc(C)c(C(=O)O)o2)c1. The van der Waals surface area contributed by atoms with E-state index in [-0.39, 0.29) is 5.76 Å². The first-order valence-corrected chi connectivity index (χ1v) is 6.68. The fraction of sp³-hybridized carbons (Fsp3) is 0.214. The van der Waals surface area contributed by atoms with E-state index in [4.69, 9.17) is 14.3 Å². The molecule has 1 heterocycles. The van der Waals surface area contributed by atoms with Crippen molar-refractivity contribution >= 4 is 17.7 Å². The van der Waals surface area contributed by atoms with Crippen LogP contribution in [0.15, 0.2) is 39.6 Å². The van der Waals surface area contributed by atoms with Gasteiger partial charge in [0.2, 0.25) is 5.76 Å². The maximum absolute atomic E-state index is 10.9. The standard InChI is InChI=1S/C14H14O4S/c1-9-6-11(18-13(9)14(15)16)8-19-12-5-3-4-10(7-12)17-2/h3-7H,8H2,1-2H3,(H,15,16). The first kappa shape index (κ1) is 13.5. The molecule has 2 aromatic rings. The zero-order valence-corrected chi connectivity index (χ0v) is 11.5. The fourth-order valence-electron chi connectivity index (χ4n) is 1.68. The second kappa shape index (κ2) is 5.84. The number of ether oxygens (including phenoxy) is 1. The van der Waals surface area contributed by atoms with Crippen LogP contribution in [0.1, 0.15) is 21.9 Å². The average molecular weight is 278 g/mol. The highest BCUT2D eigenvalue weighted by molar-refractivity contribution is 7.98. The Morgan fingerprint density at radius 1 is 1.42 bits per heavy atom. The van der Waals surface area contributed by atoms with Gasteiger partial charge in [-0.3, -0.25) is 0 Å². The van der Waals surface area contributed by atoms with E-state index in [9.17, 15) is 4.79 Å². The van der Waals surface area contributed by atoms with Gasteiger partial charge in [0.15, 0.2) is 0 Å². The molecule has 1 N–H and O–H groups in total. The van der Waals surface area contributed by atoms with E-state index in [1.165, 1.54) is 0 Å². The number of rotatable bonds is 5. The van der Waals surface area contributed by atoms with Crippen molar-refractivity contribution in [2.75, 3.05) is 7.11 Å². The molecule has 0 bridgehead atoms. The smallest absolute Gasteiger partial charge is 0.372 e. The molecule has 1 aromatic heterocycles. The molecule has 19 heavy (non-hydrogen) atoms. The molecule has 0 aliphatic rings. The Morgan fingerprint density at radius 2 is 2.21 bits per heavy atom. The molecule has 0 fully saturated rings. The van der Waals surface area contributed by atoms with Gasteiger partial charge in [-0.15, -0.1) is 11.8 Å². The van der Waals surface area contributed by atoms with Crippen LogP contribution in [0.25, 0.3) is 0 Å². The van der Waals surface area contributed by atoms with Gasteiger partial charge in [-0.05, 0) is 31.2 Å². The molecule has 0 atom stereocenters. The second-order valence-corrected chi connectivity index (χ2v) is 5.05. The summed E-state index contributed by atoms with van der Waals surface area (Å²) in [4.78, 5) is 11.9. The van der Waals surface area contributed by atoms with E-state index < -0.39 is 5.97 Å². The quantitative estimate of drug-likeness (QED) is 0.847. The number of benzene rings is 1. The fourth-order valence-corrected chi connectivity index (χ4v) is 2.50. The highest BCUT2D eigenvalue weighted by Crippen LogP contribution is 2.27. The van der Waals surface area contributed by atoms with Gasteiger partial charge >= 0.3 is 5.97 Å². The lowest BCUT2D eigenvalue weighted by Crippen LogP contribution is -1.94. The van der Waals surface area contributed by atoms with E-state index in [1.54, 1.807) is 31.9 Å². The summed E-state index contributed by atoms with van der Waals surface area (Å²) in [6.45, 7) is 1.73. The average Bonchev–Trinajstić information content (AvgIpc) is 2.78. The number of thioether (sulfide) groups is 1. The minimum Gasteiger partial charge on any atom is -0.497 e. The molecule has 0 saturated heterocycles. The normalized spacial score (nSPS) is 10.4. The van der Waals surface area contributed by atoms with Crippen LogP contribution in [0.2, 0.25) is 0 Å². The van der Waals surface area contributed by atoms with Gasteiger partial charge in [0, 0.05) is 10.5 Å². The molecule has 0 saturated carbocycles. The lowest BCUT2D eigenvalue weighted by Gasteiger charge is -2.02. The summed E-state index contributed by atoms with van der Waals surface area (Å²) in [5, 5.41) is 8.92. The first-order chi connectivity index (χ1) is 9.10. The summed E-state index contributed by atoms with van der Waals surface area (Å²) < 4.78 is 10.4. The third-order valence-corrected chi connectivity index (χ3v) is 3.60. The van der Waals surface area contributed by atoms with Gasteiger partial charge in [-0.2, -0.15) is 0 Å². The number of hydrogen-bond acceptors (Lipinski definition) is 4. The largest absolute Gasteiger partial charge is 0.497 e. The van der Waals surface area contributed by atoms with Crippen molar-refractivity contribution in [3.8, 4) is 5.75 Å². The predicted octanol–water partition coefficient (Wildman–Crippen LogP) is 3.59. The van der Waals surface area contributed by atoms with E-state index in [0.29, 0.717) is 17.1 Å². The van der Waals surface area contributed by atoms with Crippen molar-refractivity contribution in [3.63, 3.8) is 0 Å². The number of carboxylic acid groups (broad SMARTS) is 1. The summed E-state index contributed by atoms with van der Waals surface area (Å²) >= 11 is 1.57. The van der Waals surface area contributed by atoms with Gasteiger partial charge < -0.3 is 14.3 Å².